The van der Waals surface area contributed by atoms with E-state index in [1.807, 2.05) is 0 Å². The molecular weight excluding hydrogens is 420 g/mol. The smallest absolute Gasteiger partial charge is 0.467 e. The van der Waals surface area contributed by atoms with Crippen molar-refractivity contribution in [3.05, 3.63) is 0 Å². The van der Waals surface area contributed by atoms with Gasteiger partial charge < -0.3 is 4.74 Å². The Morgan fingerprint density at radius 2 is 0.962 bits per heavy atom. The number of halogens is 12. The highest BCUT2D eigenvalue weighted by Gasteiger charge is 2.66. The molecule has 0 rings (SSSR count). The van der Waals surface area contributed by atoms with E-state index in [2.05, 4.69) is 23.7 Å². The summed E-state index contributed by atoms with van der Waals surface area (Å²) in [6.07, 6.45) is -30.4. The van der Waals surface area contributed by atoms with E-state index in [4.69, 9.17) is 0 Å². The number of alkyl halides is 12. The fourth-order valence-electron chi connectivity index (χ4n) is 1.21. The van der Waals surface area contributed by atoms with Gasteiger partial charge in [0, 0.05) is 0 Å². The molecule has 0 aliphatic rings. The van der Waals surface area contributed by atoms with E-state index in [-0.39, 0.29) is 7.11 Å². The summed E-state index contributed by atoms with van der Waals surface area (Å²) in [6.45, 7) is 0. The maximum Gasteiger partial charge on any atom is 0.526 e. The second-order valence-corrected chi connectivity index (χ2v) is 3.71. The second-order valence-electron chi connectivity index (χ2n) is 3.71. The lowest BCUT2D eigenvalue weighted by Crippen LogP contribution is -2.62. The molecule has 6 nitrogen and oxygen atoms in total. The lowest BCUT2D eigenvalue weighted by molar-refractivity contribution is -0.597. The number of hydrogen-bond acceptors (Lipinski definition) is 6. The maximum atomic E-state index is 12.3. The zero-order chi connectivity index (χ0) is 21.2. The third kappa shape index (κ3) is 9.25. The Morgan fingerprint density at radius 1 is 0.654 bits per heavy atom. The summed E-state index contributed by atoms with van der Waals surface area (Å²) in [4.78, 5) is 11.1. The standard InChI is InChI=1S/C8H4F12O6/c1-22-3(21)2(23-5(9,10)11)4(24-6(12,13)14,25-7(15,16)17)26-8(18,19)20/h2H,1H3. The highest BCUT2D eigenvalue weighted by atomic mass is 19.4. The molecule has 0 fully saturated rings. The van der Waals surface area contributed by atoms with Crippen LogP contribution in [0.5, 0.6) is 0 Å². The molecule has 1 atom stereocenters. The van der Waals surface area contributed by atoms with Crippen LogP contribution < -0.4 is 0 Å². The van der Waals surface area contributed by atoms with Crippen LogP contribution in [0.25, 0.3) is 0 Å². The van der Waals surface area contributed by atoms with Crippen LogP contribution in [0.15, 0.2) is 0 Å². The van der Waals surface area contributed by atoms with Gasteiger partial charge in [0.05, 0.1) is 7.11 Å². The first-order valence-corrected chi connectivity index (χ1v) is 5.33. The summed E-state index contributed by atoms with van der Waals surface area (Å²) in [7, 11) is 0.0919. The maximum absolute atomic E-state index is 12.3. The number of hydrogen-bond donors (Lipinski definition) is 0. The SMILES string of the molecule is COC(=O)C(OC(F)(F)F)C(OC(F)(F)F)(OC(F)(F)F)OC(F)(F)F. The minimum Gasteiger partial charge on any atom is -0.467 e. The topological polar surface area (TPSA) is 63.2 Å². The molecule has 0 aliphatic carbocycles. The third-order valence-corrected chi connectivity index (χ3v) is 1.76. The molecule has 1 unspecified atom stereocenters. The molecule has 0 bridgehead atoms. The van der Waals surface area contributed by atoms with Crippen LogP contribution in [0, 0.1) is 0 Å². The van der Waals surface area contributed by atoms with Gasteiger partial charge in [0.1, 0.15) is 0 Å². The molecule has 156 valence electrons. The molecule has 0 saturated carbocycles. The van der Waals surface area contributed by atoms with Gasteiger partial charge in [-0.15, -0.1) is 52.7 Å². The molecule has 0 radical (unpaired) electrons. The van der Waals surface area contributed by atoms with Gasteiger partial charge in [0.2, 0.25) is 6.10 Å². The van der Waals surface area contributed by atoms with Gasteiger partial charge in [-0.25, -0.2) is 19.0 Å². The Morgan fingerprint density at radius 3 is 1.15 bits per heavy atom. The van der Waals surface area contributed by atoms with Crippen molar-refractivity contribution in [2.75, 3.05) is 7.11 Å². The van der Waals surface area contributed by atoms with Crippen LogP contribution in [-0.4, -0.2) is 50.6 Å². The van der Waals surface area contributed by atoms with Gasteiger partial charge in [-0.1, -0.05) is 0 Å². The largest absolute Gasteiger partial charge is 0.526 e. The summed E-state index contributed by atoms with van der Waals surface area (Å²) in [6, 6.07) is 0. The zero-order valence-corrected chi connectivity index (χ0v) is 11.6. The molecule has 0 spiro atoms. The number of methoxy groups -OCH3 is 1. The van der Waals surface area contributed by atoms with Crippen molar-refractivity contribution in [2.45, 2.75) is 37.5 Å². The van der Waals surface area contributed by atoms with E-state index < -0.39 is 43.5 Å². The van der Waals surface area contributed by atoms with Gasteiger partial charge in [-0.05, 0) is 0 Å². The number of ether oxygens (including phenoxy) is 5. The Kier molecular flexibility index (Phi) is 7.16. The number of carbonyl (C=O) groups excluding carboxylic acids is 1. The highest BCUT2D eigenvalue weighted by Crippen LogP contribution is 2.42. The summed E-state index contributed by atoms with van der Waals surface area (Å²) < 4.78 is 160. The molecule has 0 N–H and O–H groups in total. The molecule has 0 amide bonds. The normalized spacial score (nSPS) is 15.7. The predicted octanol–water partition coefficient (Wildman–Crippen LogP) is 3.33. The summed E-state index contributed by atoms with van der Waals surface area (Å²) in [5, 5.41) is 0. The van der Waals surface area contributed by atoms with Gasteiger partial charge in [0.15, 0.2) is 0 Å². The predicted molar refractivity (Wildman–Crippen MR) is 47.1 cm³/mol. The lowest BCUT2D eigenvalue weighted by atomic mass is 10.3. The Bertz CT molecular complexity index is 435. The molecular formula is C8H4F12O6. The fourth-order valence-corrected chi connectivity index (χ4v) is 1.21. The van der Waals surface area contributed by atoms with E-state index in [1.165, 1.54) is 0 Å². The summed E-state index contributed by atoms with van der Waals surface area (Å²) in [5.41, 5.74) is 0. The first-order valence-electron chi connectivity index (χ1n) is 5.33. The molecule has 0 heterocycles. The molecule has 0 saturated heterocycles. The third-order valence-electron chi connectivity index (χ3n) is 1.76. The summed E-state index contributed by atoms with van der Waals surface area (Å²) >= 11 is 0. The van der Waals surface area contributed by atoms with E-state index in [9.17, 15) is 57.5 Å². The lowest BCUT2D eigenvalue weighted by Gasteiger charge is -2.37. The number of rotatable bonds is 6. The van der Waals surface area contributed by atoms with Gasteiger partial charge in [-0.3, -0.25) is 4.74 Å². The summed E-state index contributed by atoms with van der Waals surface area (Å²) in [5.74, 6) is -8.74. The van der Waals surface area contributed by atoms with Gasteiger partial charge >= 0.3 is 37.4 Å². The van der Waals surface area contributed by atoms with Crippen LogP contribution in [0.3, 0.4) is 0 Å². The number of carbonyl (C=O) groups is 1. The van der Waals surface area contributed by atoms with Crippen LogP contribution in [-0.2, 0) is 28.5 Å². The van der Waals surface area contributed by atoms with E-state index in [0.717, 1.165) is 0 Å². The van der Waals surface area contributed by atoms with Gasteiger partial charge in [0.25, 0.3) is 0 Å². The van der Waals surface area contributed by atoms with Gasteiger partial charge in [-0.2, -0.15) is 0 Å². The zero-order valence-electron chi connectivity index (χ0n) is 11.6. The second kappa shape index (κ2) is 7.61. The van der Waals surface area contributed by atoms with E-state index >= 15 is 0 Å². The number of esters is 1. The molecule has 18 heteroatoms. The van der Waals surface area contributed by atoms with Crippen molar-refractivity contribution in [1.29, 1.82) is 0 Å². The van der Waals surface area contributed by atoms with Crippen molar-refractivity contribution in [1.82, 2.24) is 0 Å². The molecule has 0 aromatic rings. The molecule has 0 aliphatic heterocycles. The Labute approximate surface area is 133 Å². The van der Waals surface area contributed by atoms with Crippen LogP contribution in [0.4, 0.5) is 52.7 Å². The van der Waals surface area contributed by atoms with Crippen LogP contribution in [0.2, 0.25) is 0 Å². The van der Waals surface area contributed by atoms with Crippen LogP contribution >= 0.6 is 0 Å². The quantitative estimate of drug-likeness (QED) is 0.371. The average molecular weight is 424 g/mol. The van der Waals surface area contributed by atoms with Crippen molar-refractivity contribution in [2.24, 2.45) is 0 Å². The average Bonchev–Trinajstić information content (AvgIpc) is 2.26. The van der Waals surface area contributed by atoms with Crippen molar-refractivity contribution < 1.29 is 81.2 Å². The van der Waals surface area contributed by atoms with E-state index in [1.54, 1.807) is 0 Å². The first kappa shape index (κ1) is 24.5. The van der Waals surface area contributed by atoms with Crippen molar-refractivity contribution >= 4 is 5.97 Å². The fraction of sp³-hybridized carbons (Fsp3) is 0.875. The minimum atomic E-state index is -6.54. The monoisotopic (exact) mass is 424 g/mol. The first-order chi connectivity index (χ1) is 11.2. The molecule has 0 aromatic heterocycles. The van der Waals surface area contributed by atoms with Crippen molar-refractivity contribution in [3.63, 3.8) is 0 Å². The molecule has 26 heavy (non-hydrogen) atoms. The Balaban J connectivity index is 6.50. The Hall–Kier alpha value is -1.53. The van der Waals surface area contributed by atoms with Crippen molar-refractivity contribution in [3.8, 4) is 0 Å². The van der Waals surface area contributed by atoms with E-state index in [0.29, 0.717) is 0 Å². The highest BCUT2D eigenvalue weighted by molar-refractivity contribution is 5.75. The minimum absolute atomic E-state index is 0.0919. The van der Waals surface area contributed by atoms with Crippen LogP contribution in [0.1, 0.15) is 0 Å². The molecule has 0 aromatic carbocycles.